The van der Waals surface area contributed by atoms with Crippen molar-refractivity contribution in [1.29, 1.82) is 0 Å². The van der Waals surface area contributed by atoms with Crippen molar-refractivity contribution in [2.45, 2.75) is 90.1 Å². The van der Waals surface area contributed by atoms with Gasteiger partial charge < -0.3 is 19.8 Å². The number of benzene rings is 2. The molecule has 6 saturated carbocycles. The average Bonchev–Trinajstić information content (AvgIpc) is 4.14. The fraction of sp³-hybridized carbons (Fsp3) is 0.517. The normalized spacial score (nSPS) is 25.6. The Kier molecular flexibility index (Phi) is 14.0. The number of pyridine rings is 2. The van der Waals surface area contributed by atoms with Gasteiger partial charge in [-0.3, -0.25) is 29.2 Å². The highest BCUT2D eigenvalue weighted by molar-refractivity contribution is 5.96. The zero-order valence-electron chi connectivity index (χ0n) is 41.5. The molecule has 4 aromatic heterocycles. The van der Waals surface area contributed by atoms with Crippen molar-refractivity contribution in [1.82, 2.24) is 29.7 Å². The van der Waals surface area contributed by atoms with Crippen LogP contribution >= 0.6 is 0 Å². The smallest absolute Gasteiger partial charge is 0.231 e. The topological polar surface area (TPSA) is 111 Å². The Balaban J connectivity index is 0.000000152. The van der Waals surface area contributed by atoms with Crippen LogP contribution in [0.4, 0.5) is 23.0 Å². The van der Waals surface area contributed by atoms with Gasteiger partial charge in [-0.2, -0.15) is 0 Å². The third-order valence-electron chi connectivity index (χ3n) is 17.7. The minimum atomic E-state index is 0.176. The van der Waals surface area contributed by atoms with E-state index in [2.05, 4.69) is 102 Å². The average molecular weight is 943 g/mol. The lowest BCUT2D eigenvalue weighted by atomic mass is 9.64. The zero-order chi connectivity index (χ0) is 47.6. The van der Waals surface area contributed by atoms with Gasteiger partial charge in [0.05, 0.1) is 0 Å². The summed E-state index contributed by atoms with van der Waals surface area (Å²) in [5.41, 5.74) is 5.01. The van der Waals surface area contributed by atoms with E-state index >= 15 is 0 Å². The summed E-state index contributed by atoms with van der Waals surface area (Å²) >= 11 is 0. The molecule has 6 aromatic rings. The first-order valence-electron chi connectivity index (χ1n) is 26.9. The van der Waals surface area contributed by atoms with Gasteiger partial charge in [0.2, 0.25) is 11.8 Å². The number of hydrogen-bond donors (Lipinski definition) is 2. The van der Waals surface area contributed by atoms with Gasteiger partial charge in [-0.1, -0.05) is 49.9 Å². The van der Waals surface area contributed by atoms with Gasteiger partial charge in [0, 0.05) is 147 Å². The van der Waals surface area contributed by atoms with Crippen LogP contribution in [0.25, 0.3) is 21.8 Å². The van der Waals surface area contributed by atoms with E-state index in [-0.39, 0.29) is 23.9 Å². The third kappa shape index (κ3) is 9.83. The van der Waals surface area contributed by atoms with E-state index < -0.39 is 0 Å². The SMILES string of the molecule is C[C@H](CN(C(=O)[C@@H]1CC2CCC1CC2)c1ccccn1)N1CCN(c2cccc3[nH]ccc23)CC1.C[C@H](CN(C(=O)[C@H]1CC2CCC1CC2)c1ccccn1)N1CCN(c2cccc3[nH]ccc23)CC1. The number of aromatic amines is 2. The Morgan fingerprint density at radius 3 is 1.30 bits per heavy atom. The van der Waals surface area contributed by atoms with Gasteiger partial charge >= 0.3 is 0 Å². The second-order valence-electron chi connectivity index (χ2n) is 21.7. The molecule has 0 spiro atoms. The molecule has 4 atom stereocenters. The summed E-state index contributed by atoms with van der Waals surface area (Å²) < 4.78 is 0. The van der Waals surface area contributed by atoms with Crippen molar-refractivity contribution in [2.75, 3.05) is 85.0 Å². The monoisotopic (exact) mass is 943 g/mol. The Hall–Kier alpha value is -5.72. The molecule has 12 heteroatoms. The molecular formula is C58H74N10O2. The van der Waals surface area contributed by atoms with Crippen molar-refractivity contribution in [3.05, 3.63) is 110 Å². The van der Waals surface area contributed by atoms with E-state index in [0.717, 1.165) is 88.7 Å². The number of carbonyl (C=O) groups excluding carboxylic acids is 2. The lowest BCUT2D eigenvalue weighted by Crippen LogP contribution is -2.54. The molecule has 0 radical (unpaired) electrons. The molecule has 14 rings (SSSR count). The summed E-state index contributed by atoms with van der Waals surface area (Å²) in [5, 5.41) is 2.59. The fourth-order valence-corrected chi connectivity index (χ4v) is 13.6. The number of H-pyrrole nitrogens is 2. The maximum Gasteiger partial charge on any atom is 0.231 e. The van der Waals surface area contributed by atoms with Gasteiger partial charge in [0.15, 0.2) is 0 Å². The Bertz CT molecular complexity index is 2470. The van der Waals surface area contributed by atoms with Gasteiger partial charge in [0.25, 0.3) is 0 Å². The standard InChI is InChI=1S/2C29H37N5O/c2*1-21(32-15-17-33(18-16-32)27-6-4-5-26-24(27)12-14-30-26)20-34(28-7-2-3-13-31-28)29(35)25-19-22-8-10-23(25)11-9-22/h2*2-7,12-14,21-23,25,30H,8-11,15-20H2,1H3/t21-,22?,23?,25+;21-,22?,23?,25-/m11/s1. The maximum absolute atomic E-state index is 13.9. The highest BCUT2D eigenvalue weighted by Gasteiger charge is 2.43. The molecule has 70 heavy (non-hydrogen) atoms. The number of nitrogens with zero attached hydrogens (tertiary/aromatic N) is 8. The van der Waals surface area contributed by atoms with Crippen LogP contribution in [0.15, 0.2) is 110 Å². The molecule has 368 valence electrons. The number of nitrogens with one attached hydrogen (secondary N) is 2. The maximum atomic E-state index is 13.9. The number of anilines is 4. The van der Waals surface area contributed by atoms with E-state index in [1.807, 2.05) is 71.0 Å². The van der Waals surface area contributed by atoms with E-state index in [1.54, 1.807) is 0 Å². The Morgan fingerprint density at radius 1 is 0.529 bits per heavy atom. The molecule has 2 N–H and O–H groups in total. The van der Waals surface area contributed by atoms with Gasteiger partial charge in [-0.25, -0.2) is 9.97 Å². The molecule has 4 bridgehead atoms. The van der Waals surface area contributed by atoms with Crippen molar-refractivity contribution in [2.24, 2.45) is 35.5 Å². The van der Waals surface area contributed by atoms with Crippen LogP contribution < -0.4 is 19.6 Å². The number of carbonyl (C=O) groups is 2. The lowest BCUT2D eigenvalue weighted by Gasteiger charge is -2.44. The molecule has 0 unspecified atom stereocenters. The van der Waals surface area contributed by atoms with Crippen LogP contribution in [0.3, 0.4) is 0 Å². The van der Waals surface area contributed by atoms with Crippen LogP contribution in [-0.4, -0.2) is 119 Å². The zero-order valence-corrected chi connectivity index (χ0v) is 41.5. The van der Waals surface area contributed by atoms with Crippen molar-refractivity contribution in [3.63, 3.8) is 0 Å². The highest BCUT2D eigenvalue weighted by Crippen LogP contribution is 2.47. The highest BCUT2D eigenvalue weighted by atomic mass is 16.2. The first-order chi connectivity index (χ1) is 34.3. The molecule has 2 amide bonds. The molecule has 8 fully saturated rings. The predicted octanol–water partition coefficient (Wildman–Crippen LogP) is 9.87. The van der Waals surface area contributed by atoms with Crippen LogP contribution in [0.2, 0.25) is 0 Å². The third-order valence-corrected chi connectivity index (χ3v) is 17.7. The minimum absolute atomic E-state index is 0.176. The molecule has 8 aliphatic rings. The second-order valence-corrected chi connectivity index (χ2v) is 21.7. The van der Waals surface area contributed by atoms with Crippen molar-refractivity contribution < 1.29 is 9.59 Å². The second kappa shape index (κ2) is 20.9. The molecule has 6 heterocycles. The van der Waals surface area contributed by atoms with Crippen molar-refractivity contribution in [3.8, 4) is 0 Å². The first kappa shape index (κ1) is 46.7. The first-order valence-corrected chi connectivity index (χ1v) is 26.9. The summed E-state index contributed by atoms with van der Waals surface area (Å²) in [4.78, 5) is 57.8. The molecule has 2 saturated heterocycles. The summed E-state index contributed by atoms with van der Waals surface area (Å²) in [6, 6.07) is 29.8. The number of fused-ring (bicyclic) bond motifs is 8. The summed E-state index contributed by atoms with van der Waals surface area (Å²) in [6.07, 6.45) is 20.0. The summed E-state index contributed by atoms with van der Waals surface area (Å²) in [5.74, 6) is 5.20. The minimum Gasteiger partial charge on any atom is -0.368 e. The molecule has 12 nitrogen and oxygen atoms in total. The van der Waals surface area contributed by atoms with Crippen LogP contribution in [0, 0.1) is 35.5 Å². The molecule has 2 aromatic carbocycles. The number of rotatable bonds is 12. The van der Waals surface area contributed by atoms with E-state index in [9.17, 15) is 9.59 Å². The van der Waals surface area contributed by atoms with E-state index in [1.165, 1.54) is 84.5 Å². The number of aromatic nitrogens is 4. The predicted molar refractivity (Wildman–Crippen MR) is 283 cm³/mol. The largest absolute Gasteiger partial charge is 0.368 e. The molecular weight excluding hydrogens is 869 g/mol. The van der Waals surface area contributed by atoms with E-state index in [0.29, 0.717) is 36.7 Å². The van der Waals surface area contributed by atoms with Gasteiger partial charge in [-0.15, -0.1) is 0 Å². The van der Waals surface area contributed by atoms with Crippen LogP contribution in [0.1, 0.15) is 78.1 Å². The molecule has 2 aliphatic heterocycles. The molecule has 6 aliphatic carbocycles. The number of hydrogen-bond acceptors (Lipinski definition) is 8. The van der Waals surface area contributed by atoms with Crippen molar-refractivity contribution >= 4 is 56.6 Å². The van der Waals surface area contributed by atoms with Gasteiger partial charge in [0.1, 0.15) is 11.6 Å². The Labute approximate surface area is 414 Å². The van der Waals surface area contributed by atoms with E-state index in [4.69, 9.17) is 0 Å². The van der Waals surface area contributed by atoms with Crippen LogP contribution in [-0.2, 0) is 9.59 Å². The summed E-state index contributed by atoms with van der Waals surface area (Å²) in [6.45, 7) is 14.0. The lowest BCUT2D eigenvalue weighted by molar-refractivity contribution is -0.128. The van der Waals surface area contributed by atoms with Crippen LogP contribution in [0.5, 0.6) is 0 Å². The summed E-state index contributed by atoms with van der Waals surface area (Å²) in [7, 11) is 0. The van der Waals surface area contributed by atoms with Gasteiger partial charge in [-0.05, 0) is 137 Å². The fourth-order valence-electron chi connectivity index (χ4n) is 13.6. The quantitative estimate of drug-likeness (QED) is 0.125. The number of piperazine rings is 2. The number of amides is 2. The Morgan fingerprint density at radius 2 is 0.943 bits per heavy atom.